The van der Waals surface area contributed by atoms with Gasteiger partial charge in [-0.25, -0.2) is 13.8 Å². The van der Waals surface area contributed by atoms with Crippen LogP contribution in [0.3, 0.4) is 0 Å². The second-order valence-corrected chi connectivity index (χ2v) is 9.42. The molecule has 1 aliphatic rings. The van der Waals surface area contributed by atoms with Crippen LogP contribution in [0.25, 0.3) is 22.7 Å². The molecule has 14 heteroatoms. The maximum absolute atomic E-state index is 13.8. The van der Waals surface area contributed by atoms with Gasteiger partial charge in [0.05, 0.1) is 25.5 Å². The number of benzene rings is 2. The van der Waals surface area contributed by atoms with Crippen LogP contribution < -0.4 is 10.1 Å². The summed E-state index contributed by atoms with van der Waals surface area (Å²) >= 11 is 0. The van der Waals surface area contributed by atoms with E-state index in [4.69, 9.17) is 13.9 Å². The van der Waals surface area contributed by atoms with E-state index in [0.717, 1.165) is 12.1 Å². The number of hydrogen-bond acceptors (Lipinski definition) is 7. The van der Waals surface area contributed by atoms with Crippen LogP contribution in [0.2, 0.25) is 0 Å². The van der Waals surface area contributed by atoms with E-state index in [1.54, 1.807) is 35.9 Å². The van der Waals surface area contributed by atoms with Gasteiger partial charge in [0.15, 0.2) is 34.9 Å². The smallest absolute Gasteiger partial charge is 0.405 e. The van der Waals surface area contributed by atoms with Gasteiger partial charge in [0.1, 0.15) is 12.3 Å². The number of hydrogen-bond donors (Lipinski definition) is 1. The summed E-state index contributed by atoms with van der Waals surface area (Å²) in [6.07, 6.45) is -2.82. The third kappa shape index (κ3) is 5.64. The second-order valence-electron chi connectivity index (χ2n) is 9.42. The molecule has 0 spiro atoms. The summed E-state index contributed by atoms with van der Waals surface area (Å²) in [5, 5.41) is 10.3. The lowest BCUT2D eigenvalue weighted by Gasteiger charge is -2.35. The summed E-state index contributed by atoms with van der Waals surface area (Å²) in [5.74, 6) is -1.58. The molecule has 2 aromatic carbocycles. The molecule has 0 radical (unpaired) electrons. The van der Waals surface area contributed by atoms with Crippen molar-refractivity contribution in [2.24, 2.45) is 0 Å². The van der Waals surface area contributed by atoms with Crippen molar-refractivity contribution in [1.82, 2.24) is 25.1 Å². The third-order valence-electron chi connectivity index (χ3n) is 6.65. The minimum atomic E-state index is -4.68. The first-order chi connectivity index (χ1) is 19.5. The monoisotopic (exact) mass is 577 g/mol. The summed E-state index contributed by atoms with van der Waals surface area (Å²) in [7, 11) is 1.48. The highest BCUT2D eigenvalue weighted by molar-refractivity contribution is 5.86. The molecule has 1 aliphatic heterocycles. The topological polar surface area (TPSA) is 104 Å². The number of alkyl halides is 3. The summed E-state index contributed by atoms with van der Waals surface area (Å²) in [6, 6.07) is 8.19. The molecule has 216 valence electrons. The highest BCUT2D eigenvalue weighted by Crippen LogP contribution is 2.40. The van der Waals surface area contributed by atoms with E-state index in [9.17, 15) is 26.7 Å². The normalized spacial score (nSPS) is 16.9. The Morgan fingerprint density at radius 2 is 1.95 bits per heavy atom. The van der Waals surface area contributed by atoms with Crippen LogP contribution in [-0.4, -0.2) is 45.5 Å². The minimum absolute atomic E-state index is 0.0186. The molecule has 1 atom stereocenters. The van der Waals surface area contributed by atoms with Gasteiger partial charge in [0, 0.05) is 19.0 Å². The molecule has 0 saturated carbocycles. The second kappa shape index (κ2) is 10.9. The summed E-state index contributed by atoms with van der Waals surface area (Å²) in [5.41, 5.74) is -0.633. The van der Waals surface area contributed by atoms with E-state index < -0.39 is 42.5 Å². The fraction of sp³-hybridized carbons (Fsp3) is 0.333. The van der Waals surface area contributed by atoms with Gasteiger partial charge in [-0.05, 0) is 42.7 Å². The van der Waals surface area contributed by atoms with Gasteiger partial charge in [-0.15, -0.1) is 10.2 Å². The Kier molecular flexibility index (Phi) is 7.51. The fourth-order valence-electron chi connectivity index (χ4n) is 4.72. The summed E-state index contributed by atoms with van der Waals surface area (Å²) < 4.78 is 84.9. The number of methoxy groups -OCH3 is 1. The molecule has 9 nitrogen and oxygen atoms in total. The molecule has 1 amide bonds. The van der Waals surface area contributed by atoms with Crippen molar-refractivity contribution in [3.63, 3.8) is 0 Å². The van der Waals surface area contributed by atoms with Crippen molar-refractivity contribution in [3.8, 4) is 28.5 Å². The van der Waals surface area contributed by atoms with Crippen LogP contribution in [0, 0.1) is 18.6 Å². The Labute approximate surface area is 230 Å². The molecule has 41 heavy (non-hydrogen) atoms. The largest absolute Gasteiger partial charge is 0.496 e. The van der Waals surface area contributed by atoms with Crippen LogP contribution in [0.15, 0.2) is 47.0 Å². The van der Waals surface area contributed by atoms with Crippen molar-refractivity contribution in [1.29, 1.82) is 0 Å². The maximum atomic E-state index is 13.8. The van der Waals surface area contributed by atoms with Gasteiger partial charge in [-0.2, -0.15) is 13.2 Å². The van der Waals surface area contributed by atoms with Gasteiger partial charge in [0.25, 0.3) is 5.91 Å². The zero-order chi connectivity index (χ0) is 29.4. The van der Waals surface area contributed by atoms with Crippen LogP contribution in [-0.2, 0) is 28.3 Å². The molecule has 1 unspecified atom stereocenters. The predicted molar refractivity (Wildman–Crippen MR) is 133 cm³/mol. The molecular weight excluding hydrogens is 553 g/mol. The molecule has 2 aromatic heterocycles. The highest BCUT2D eigenvalue weighted by atomic mass is 19.4. The van der Waals surface area contributed by atoms with E-state index in [0.29, 0.717) is 47.3 Å². The van der Waals surface area contributed by atoms with E-state index >= 15 is 0 Å². The molecule has 5 rings (SSSR count). The number of oxazole rings is 1. The number of carbonyl (C=O) groups excluding carboxylic acids is 1. The average molecular weight is 578 g/mol. The zero-order valence-electron chi connectivity index (χ0n) is 21.9. The molecule has 3 heterocycles. The van der Waals surface area contributed by atoms with Crippen LogP contribution in [0.1, 0.15) is 30.1 Å². The Hall–Kier alpha value is -4.33. The van der Waals surface area contributed by atoms with Crippen molar-refractivity contribution in [2.45, 2.75) is 44.7 Å². The number of aromatic nitrogens is 4. The van der Waals surface area contributed by atoms with Crippen molar-refractivity contribution in [3.05, 3.63) is 71.5 Å². The predicted octanol–water partition coefficient (Wildman–Crippen LogP) is 5.08. The van der Waals surface area contributed by atoms with Crippen LogP contribution in [0.5, 0.6) is 5.75 Å². The van der Waals surface area contributed by atoms with Crippen molar-refractivity contribution < 1.29 is 40.6 Å². The Bertz CT molecular complexity index is 1580. The van der Waals surface area contributed by atoms with Crippen molar-refractivity contribution >= 4 is 5.91 Å². The highest BCUT2D eigenvalue weighted by Gasteiger charge is 2.49. The minimum Gasteiger partial charge on any atom is -0.496 e. The van der Waals surface area contributed by atoms with E-state index in [1.807, 2.05) is 5.32 Å². The number of ether oxygens (including phenoxy) is 2. The SMILES string of the molecule is COc1cc(-c2nnc3n2CCCC3(OCc2ccc(F)c(F)c2)C(=O)NCC(F)(F)F)ccc1-c1cnc(C)o1. The molecule has 0 fully saturated rings. The number of fused-ring (bicyclic) bond motifs is 1. The number of nitrogens with zero attached hydrogens (tertiary/aromatic N) is 4. The van der Waals surface area contributed by atoms with Crippen LogP contribution >= 0.6 is 0 Å². The van der Waals surface area contributed by atoms with Gasteiger partial charge < -0.3 is 23.8 Å². The first-order valence-corrected chi connectivity index (χ1v) is 12.5. The number of nitrogens with one attached hydrogen (secondary N) is 1. The van der Waals surface area contributed by atoms with E-state index in [1.165, 1.54) is 13.2 Å². The quantitative estimate of drug-likeness (QED) is 0.291. The molecule has 0 aliphatic carbocycles. The first-order valence-electron chi connectivity index (χ1n) is 12.5. The van der Waals surface area contributed by atoms with Crippen LogP contribution in [0.4, 0.5) is 22.0 Å². The standard InChI is InChI=1S/C27H24F5N5O4/c1-15-33-12-22(41-15)18-6-5-17(11-21(18)39-2)23-35-36-24-26(8-3-9-37(23)24,25(38)34-14-27(30,31)32)40-13-16-4-7-19(28)20(29)10-16/h4-7,10-12H,3,8-9,13-14H2,1-2H3,(H,34,38). The Balaban J connectivity index is 1.53. The zero-order valence-corrected chi connectivity index (χ0v) is 21.9. The number of halogens is 5. The number of amides is 1. The van der Waals surface area contributed by atoms with Gasteiger partial charge in [-0.1, -0.05) is 12.1 Å². The Morgan fingerprint density at radius 3 is 2.63 bits per heavy atom. The van der Waals surface area contributed by atoms with E-state index in [2.05, 4.69) is 15.2 Å². The Morgan fingerprint density at radius 1 is 1.15 bits per heavy atom. The summed E-state index contributed by atoms with van der Waals surface area (Å²) in [4.78, 5) is 17.4. The maximum Gasteiger partial charge on any atom is 0.405 e. The van der Waals surface area contributed by atoms with Gasteiger partial charge >= 0.3 is 6.18 Å². The lowest BCUT2D eigenvalue weighted by molar-refractivity contribution is -0.164. The van der Waals surface area contributed by atoms with E-state index in [-0.39, 0.29) is 17.8 Å². The lowest BCUT2D eigenvalue weighted by atomic mass is 9.91. The number of rotatable bonds is 8. The summed E-state index contributed by atoms with van der Waals surface area (Å²) in [6.45, 7) is 0.0469. The molecule has 0 saturated heterocycles. The lowest BCUT2D eigenvalue weighted by Crippen LogP contribution is -2.51. The average Bonchev–Trinajstić information content (AvgIpc) is 3.58. The fourth-order valence-corrected chi connectivity index (χ4v) is 4.72. The number of carbonyl (C=O) groups is 1. The molecule has 1 N–H and O–H groups in total. The molecule has 0 bridgehead atoms. The number of aryl methyl sites for hydroxylation is 1. The molecular formula is C27H24F5N5O4. The van der Waals surface area contributed by atoms with Gasteiger partial charge in [-0.3, -0.25) is 4.79 Å². The third-order valence-corrected chi connectivity index (χ3v) is 6.65. The molecule has 4 aromatic rings. The first kappa shape index (κ1) is 28.2. The van der Waals surface area contributed by atoms with Gasteiger partial charge in [0.2, 0.25) is 5.60 Å². The van der Waals surface area contributed by atoms with Crippen molar-refractivity contribution in [2.75, 3.05) is 13.7 Å².